The molecule has 0 radical (unpaired) electrons. The highest BCUT2D eigenvalue weighted by molar-refractivity contribution is 9.10. The second-order valence-electron chi connectivity index (χ2n) is 3.55. The Morgan fingerprint density at radius 3 is 2.83 bits per heavy atom. The van der Waals surface area contributed by atoms with E-state index in [9.17, 15) is 14.9 Å². The van der Waals surface area contributed by atoms with E-state index in [1.165, 1.54) is 12.1 Å². The highest BCUT2D eigenvalue weighted by Crippen LogP contribution is 2.30. The van der Waals surface area contributed by atoms with Crippen LogP contribution in [0.3, 0.4) is 0 Å². The van der Waals surface area contributed by atoms with E-state index in [0.29, 0.717) is 15.4 Å². The van der Waals surface area contributed by atoms with E-state index in [4.69, 9.17) is 4.74 Å². The summed E-state index contributed by atoms with van der Waals surface area (Å²) in [5.41, 5.74) is 0.425. The van der Waals surface area contributed by atoms with Crippen molar-refractivity contribution in [2.24, 2.45) is 0 Å². The number of fused-ring (bicyclic) bond motifs is 1. The zero-order valence-electron chi connectivity index (χ0n) is 9.40. The highest BCUT2D eigenvalue weighted by atomic mass is 79.9. The lowest BCUT2D eigenvalue weighted by atomic mass is 10.2. The molecule has 0 aliphatic carbocycles. The first kappa shape index (κ1) is 12.6. The van der Waals surface area contributed by atoms with Gasteiger partial charge in [-0.3, -0.25) is 10.1 Å². The number of nitrogens with one attached hydrogen (secondary N) is 1. The summed E-state index contributed by atoms with van der Waals surface area (Å²) in [5, 5.41) is 11.5. The molecule has 94 valence electrons. The third-order valence-corrected chi connectivity index (χ3v) is 2.82. The normalized spacial score (nSPS) is 10.6. The molecule has 0 saturated carbocycles. The van der Waals surface area contributed by atoms with E-state index < -0.39 is 10.9 Å². The maximum Gasteiger partial charge on any atom is 0.354 e. The van der Waals surface area contributed by atoms with Crippen LogP contribution in [0.4, 0.5) is 5.69 Å². The number of aromatic amines is 1. The maximum atomic E-state index is 11.5. The molecule has 0 atom stereocenters. The Bertz CT molecular complexity index is 635. The first-order valence-electron chi connectivity index (χ1n) is 5.16. The van der Waals surface area contributed by atoms with Crippen molar-refractivity contribution in [3.63, 3.8) is 0 Å². The molecule has 0 aliphatic heterocycles. The zero-order chi connectivity index (χ0) is 13.3. The average molecular weight is 313 g/mol. The Labute approximate surface area is 110 Å². The first-order valence-corrected chi connectivity index (χ1v) is 5.96. The molecule has 1 aromatic carbocycles. The summed E-state index contributed by atoms with van der Waals surface area (Å²) in [7, 11) is 0. The van der Waals surface area contributed by atoms with E-state index in [1.54, 1.807) is 13.0 Å². The van der Waals surface area contributed by atoms with Crippen molar-refractivity contribution < 1.29 is 14.5 Å². The number of hydrogen-bond acceptors (Lipinski definition) is 4. The van der Waals surface area contributed by atoms with Crippen LogP contribution in [-0.4, -0.2) is 22.5 Å². The van der Waals surface area contributed by atoms with Crippen molar-refractivity contribution in [1.29, 1.82) is 0 Å². The van der Waals surface area contributed by atoms with Crippen LogP contribution in [0.15, 0.2) is 22.7 Å². The molecule has 1 heterocycles. The summed E-state index contributed by atoms with van der Waals surface area (Å²) in [6, 6.07) is 4.61. The van der Waals surface area contributed by atoms with E-state index in [2.05, 4.69) is 20.9 Å². The minimum atomic E-state index is -0.529. The predicted molar refractivity (Wildman–Crippen MR) is 68.6 cm³/mol. The van der Waals surface area contributed by atoms with Crippen LogP contribution in [-0.2, 0) is 4.74 Å². The van der Waals surface area contributed by atoms with Gasteiger partial charge in [0, 0.05) is 15.9 Å². The number of nitro groups is 1. The van der Waals surface area contributed by atoms with Gasteiger partial charge in [0.05, 0.1) is 11.5 Å². The number of aromatic nitrogens is 1. The molecule has 0 spiro atoms. The number of esters is 1. The topological polar surface area (TPSA) is 85.2 Å². The van der Waals surface area contributed by atoms with E-state index >= 15 is 0 Å². The molecular formula is C11H9BrN2O4. The summed E-state index contributed by atoms with van der Waals surface area (Å²) in [4.78, 5) is 24.7. The van der Waals surface area contributed by atoms with Crippen LogP contribution in [0.25, 0.3) is 10.9 Å². The Morgan fingerprint density at radius 2 is 2.22 bits per heavy atom. The smallest absolute Gasteiger partial charge is 0.354 e. The summed E-state index contributed by atoms with van der Waals surface area (Å²) in [5.74, 6) is -0.529. The molecule has 18 heavy (non-hydrogen) atoms. The van der Waals surface area contributed by atoms with Crippen LogP contribution in [0.5, 0.6) is 0 Å². The summed E-state index contributed by atoms with van der Waals surface area (Å²) in [6.07, 6.45) is 0. The number of ether oxygens (including phenoxy) is 1. The van der Waals surface area contributed by atoms with Crippen molar-refractivity contribution >= 4 is 38.5 Å². The molecule has 0 saturated heterocycles. The number of benzene rings is 1. The lowest BCUT2D eigenvalue weighted by Crippen LogP contribution is -2.04. The Hall–Kier alpha value is -1.89. The number of nitrogens with zero attached hydrogens (tertiary/aromatic N) is 1. The van der Waals surface area contributed by atoms with Gasteiger partial charge in [-0.05, 0) is 19.1 Å². The number of non-ortho nitro benzene ring substituents is 1. The van der Waals surface area contributed by atoms with Gasteiger partial charge in [-0.15, -0.1) is 0 Å². The van der Waals surface area contributed by atoms with Gasteiger partial charge >= 0.3 is 5.97 Å². The van der Waals surface area contributed by atoms with Gasteiger partial charge in [0.25, 0.3) is 5.69 Å². The van der Waals surface area contributed by atoms with Crippen molar-refractivity contribution in [3.8, 4) is 0 Å². The van der Waals surface area contributed by atoms with Crippen LogP contribution in [0, 0.1) is 10.1 Å². The van der Waals surface area contributed by atoms with Gasteiger partial charge in [0.2, 0.25) is 0 Å². The molecule has 0 unspecified atom stereocenters. The van der Waals surface area contributed by atoms with Gasteiger partial charge in [0.15, 0.2) is 0 Å². The average Bonchev–Trinajstić information content (AvgIpc) is 2.71. The van der Waals surface area contributed by atoms with E-state index in [0.717, 1.165) is 0 Å². The van der Waals surface area contributed by atoms with Gasteiger partial charge < -0.3 is 9.72 Å². The lowest BCUT2D eigenvalue weighted by molar-refractivity contribution is -0.383. The molecule has 0 bridgehead atoms. The fourth-order valence-corrected chi connectivity index (χ4v) is 2.12. The van der Waals surface area contributed by atoms with Crippen molar-refractivity contribution in [1.82, 2.24) is 4.98 Å². The van der Waals surface area contributed by atoms with Crippen LogP contribution in [0.1, 0.15) is 17.4 Å². The van der Waals surface area contributed by atoms with Crippen LogP contribution >= 0.6 is 15.9 Å². The molecule has 0 amide bonds. The number of carbonyl (C=O) groups excluding carboxylic acids is 1. The van der Waals surface area contributed by atoms with E-state index in [1.807, 2.05) is 0 Å². The molecule has 2 rings (SSSR count). The molecule has 1 N–H and O–H groups in total. The summed E-state index contributed by atoms with van der Waals surface area (Å²) < 4.78 is 5.42. The number of hydrogen-bond donors (Lipinski definition) is 1. The monoisotopic (exact) mass is 312 g/mol. The minimum absolute atomic E-state index is 0.0880. The molecule has 7 heteroatoms. The second-order valence-corrected chi connectivity index (χ2v) is 4.47. The molecule has 0 aliphatic rings. The first-order chi connectivity index (χ1) is 8.52. The number of rotatable bonds is 3. The summed E-state index contributed by atoms with van der Waals surface area (Å²) in [6.45, 7) is 1.94. The number of nitro benzene ring substituents is 1. The lowest BCUT2D eigenvalue weighted by Gasteiger charge is -1.97. The fraction of sp³-hybridized carbons (Fsp3) is 0.182. The number of carbonyl (C=O) groups is 1. The third-order valence-electron chi connectivity index (χ3n) is 2.36. The minimum Gasteiger partial charge on any atom is -0.461 e. The Kier molecular flexibility index (Phi) is 3.33. The van der Waals surface area contributed by atoms with Crippen LogP contribution in [0.2, 0.25) is 0 Å². The molecular weight excluding hydrogens is 304 g/mol. The molecule has 2 aromatic rings. The molecule has 6 nitrogen and oxygen atoms in total. The Balaban J connectivity index is 2.60. The van der Waals surface area contributed by atoms with Crippen LogP contribution < -0.4 is 0 Å². The largest absolute Gasteiger partial charge is 0.461 e. The standard InChI is InChI=1S/C11H9BrN2O4/c1-2-18-11(15)8-4-6-3-7(12)5-9(14(16)17)10(6)13-8/h3-5,13H,2H2,1H3. The third kappa shape index (κ3) is 2.21. The zero-order valence-corrected chi connectivity index (χ0v) is 11.0. The van der Waals surface area contributed by atoms with Crippen molar-refractivity contribution in [2.45, 2.75) is 6.92 Å². The quantitative estimate of drug-likeness (QED) is 0.536. The molecule has 0 fully saturated rings. The van der Waals surface area contributed by atoms with Crippen molar-refractivity contribution in [2.75, 3.05) is 6.61 Å². The second kappa shape index (κ2) is 4.77. The summed E-state index contributed by atoms with van der Waals surface area (Å²) >= 11 is 3.19. The SMILES string of the molecule is CCOC(=O)c1cc2cc(Br)cc([N+](=O)[O-])c2[nH]1. The van der Waals surface area contributed by atoms with E-state index in [-0.39, 0.29) is 18.0 Å². The van der Waals surface area contributed by atoms with Gasteiger partial charge in [0.1, 0.15) is 11.2 Å². The Morgan fingerprint density at radius 1 is 1.50 bits per heavy atom. The number of halogens is 1. The van der Waals surface area contributed by atoms with Crippen molar-refractivity contribution in [3.05, 3.63) is 38.5 Å². The fourth-order valence-electron chi connectivity index (χ4n) is 1.65. The highest BCUT2D eigenvalue weighted by Gasteiger charge is 2.18. The van der Waals surface area contributed by atoms with Gasteiger partial charge in [-0.25, -0.2) is 4.79 Å². The van der Waals surface area contributed by atoms with Gasteiger partial charge in [-0.2, -0.15) is 0 Å². The number of H-pyrrole nitrogens is 1. The predicted octanol–water partition coefficient (Wildman–Crippen LogP) is 3.02. The molecule has 1 aromatic heterocycles. The maximum absolute atomic E-state index is 11.5. The van der Waals surface area contributed by atoms with Gasteiger partial charge in [-0.1, -0.05) is 15.9 Å².